The summed E-state index contributed by atoms with van der Waals surface area (Å²) in [6.45, 7) is 0.503. The second-order valence-electron chi connectivity index (χ2n) is 4.96. The van der Waals surface area contributed by atoms with Gasteiger partial charge < -0.3 is 15.5 Å². The van der Waals surface area contributed by atoms with Crippen LogP contribution in [0, 0.1) is 0 Å². The predicted octanol–water partition coefficient (Wildman–Crippen LogP) is 1.96. The molecule has 2 heterocycles. The Balaban J connectivity index is 1.78. The predicted molar refractivity (Wildman–Crippen MR) is 90.4 cm³/mol. The van der Waals surface area contributed by atoms with Gasteiger partial charge in [-0.3, -0.25) is 9.59 Å². The lowest BCUT2D eigenvalue weighted by molar-refractivity contribution is -0.120. The van der Waals surface area contributed by atoms with Gasteiger partial charge in [0.1, 0.15) is 0 Å². The number of carbonyl (C=O) groups is 2. The molecule has 0 spiro atoms. The smallest absolute Gasteiger partial charge is 0.261 e. The Bertz CT molecular complexity index is 594. The molecule has 0 aromatic carbocycles. The molecule has 22 heavy (non-hydrogen) atoms. The van der Waals surface area contributed by atoms with Crippen LogP contribution in [0.5, 0.6) is 0 Å². The first-order chi connectivity index (χ1) is 10.6. The summed E-state index contributed by atoms with van der Waals surface area (Å²) in [5, 5.41) is 9.34. The lowest BCUT2D eigenvalue weighted by atomic mass is 10.2. The Kier molecular flexibility index (Phi) is 6.11. The number of amides is 2. The van der Waals surface area contributed by atoms with Gasteiger partial charge in [0.2, 0.25) is 5.91 Å². The fourth-order valence-electron chi connectivity index (χ4n) is 1.95. The Morgan fingerprint density at radius 1 is 1.14 bits per heavy atom. The highest BCUT2D eigenvalue weighted by atomic mass is 32.1. The number of thiophene rings is 2. The maximum atomic E-state index is 11.9. The zero-order valence-corrected chi connectivity index (χ0v) is 14.2. The summed E-state index contributed by atoms with van der Waals surface area (Å²) in [6.07, 6.45) is 0. The molecule has 2 aromatic rings. The standard InChI is InChI=1S/C15H19N3O2S2/c1-18(2)11(12-5-3-7-21-12)9-16-14(19)10-17-15(20)13-6-4-8-22-13/h3-8,11H,9-10H2,1-2H3,(H,16,19)(H,17,20). The fraction of sp³-hybridized carbons (Fsp3) is 0.333. The van der Waals surface area contributed by atoms with E-state index in [9.17, 15) is 9.59 Å². The van der Waals surface area contributed by atoms with Crippen molar-refractivity contribution in [2.75, 3.05) is 27.2 Å². The lowest BCUT2D eigenvalue weighted by Gasteiger charge is -2.23. The van der Waals surface area contributed by atoms with Crippen LogP contribution in [-0.4, -0.2) is 43.9 Å². The van der Waals surface area contributed by atoms with Gasteiger partial charge in [0, 0.05) is 11.4 Å². The van der Waals surface area contributed by atoms with Crippen LogP contribution in [0.2, 0.25) is 0 Å². The van der Waals surface area contributed by atoms with Crippen LogP contribution in [0.4, 0.5) is 0 Å². The van der Waals surface area contributed by atoms with Crippen molar-refractivity contribution in [1.29, 1.82) is 0 Å². The molecule has 0 aliphatic carbocycles. The third-order valence-electron chi connectivity index (χ3n) is 3.14. The van der Waals surface area contributed by atoms with Gasteiger partial charge in [-0.1, -0.05) is 12.1 Å². The molecule has 0 saturated heterocycles. The Morgan fingerprint density at radius 3 is 2.45 bits per heavy atom. The van der Waals surface area contributed by atoms with Crippen molar-refractivity contribution in [3.05, 3.63) is 44.8 Å². The molecule has 118 valence electrons. The number of rotatable bonds is 7. The van der Waals surface area contributed by atoms with Crippen molar-refractivity contribution in [3.8, 4) is 0 Å². The summed E-state index contributed by atoms with van der Waals surface area (Å²) >= 11 is 3.02. The van der Waals surface area contributed by atoms with Gasteiger partial charge in [-0.25, -0.2) is 0 Å². The van der Waals surface area contributed by atoms with E-state index < -0.39 is 0 Å². The highest BCUT2D eigenvalue weighted by Crippen LogP contribution is 2.22. The van der Waals surface area contributed by atoms with E-state index in [4.69, 9.17) is 0 Å². The van der Waals surface area contributed by atoms with Crippen molar-refractivity contribution in [2.45, 2.75) is 6.04 Å². The molecule has 5 nitrogen and oxygen atoms in total. The molecular weight excluding hydrogens is 318 g/mol. The first-order valence-corrected chi connectivity index (χ1v) is 8.62. The molecule has 7 heteroatoms. The van der Waals surface area contributed by atoms with Gasteiger partial charge in [0.25, 0.3) is 5.91 Å². The van der Waals surface area contributed by atoms with Crippen LogP contribution in [0.25, 0.3) is 0 Å². The molecule has 0 radical (unpaired) electrons. The van der Waals surface area contributed by atoms with Crippen LogP contribution in [0.15, 0.2) is 35.0 Å². The average molecular weight is 337 g/mol. The van der Waals surface area contributed by atoms with Crippen LogP contribution in [0.1, 0.15) is 20.6 Å². The molecule has 0 aliphatic heterocycles. The third kappa shape index (κ3) is 4.66. The summed E-state index contributed by atoms with van der Waals surface area (Å²) in [6, 6.07) is 7.73. The van der Waals surface area contributed by atoms with Crippen LogP contribution < -0.4 is 10.6 Å². The van der Waals surface area contributed by atoms with Crippen molar-refractivity contribution in [3.63, 3.8) is 0 Å². The molecule has 1 atom stereocenters. The highest BCUT2D eigenvalue weighted by molar-refractivity contribution is 7.12. The van der Waals surface area contributed by atoms with Gasteiger partial charge in [-0.05, 0) is 37.0 Å². The number of hydrogen-bond donors (Lipinski definition) is 2. The van der Waals surface area contributed by atoms with Gasteiger partial charge in [0.05, 0.1) is 17.5 Å². The molecule has 2 rings (SSSR count). The summed E-state index contributed by atoms with van der Waals surface area (Å²) in [4.78, 5) is 27.5. The van der Waals surface area contributed by atoms with Crippen molar-refractivity contribution < 1.29 is 9.59 Å². The molecule has 0 saturated carbocycles. The Labute approximate surface area is 138 Å². The average Bonchev–Trinajstić information content (AvgIpc) is 3.17. The minimum absolute atomic E-state index is 0.0126. The van der Waals surface area contributed by atoms with Crippen LogP contribution in [0.3, 0.4) is 0 Å². The number of likely N-dealkylation sites (N-methyl/N-ethyl adjacent to an activating group) is 1. The van der Waals surface area contributed by atoms with Crippen LogP contribution in [-0.2, 0) is 4.79 Å². The lowest BCUT2D eigenvalue weighted by Crippen LogP contribution is -2.40. The summed E-state index contributed by atoms with van der Waals surface area (Å²) < 4.78 is 0. The number of nitrogens with one attached hydrogen (secondary N) is 2. The normalized spacial score (nSPS) is 12.1. The monoisotopic (exact) mass is 337 g/mol. The quantitative estimate of drug-likeness (QED) is 0.812. The first-order valence-electron chi connectivity index (χ1n) is 6.86. The van der Waals surface area contributed by atoms with E-state index >= 15 is 0 Å². The van der Waals surface area contributed by atoms with Gasteiger partial charge in [-0.15, -0.1) is 22.7 Å². The van der Waals surface area contributed by atoms with Crippen molar-refractivity contribution in [1.82, 2.24) is 15.5 Å². The van der Waals surface area contributed by atoms with E-state index in [0.29, 0.717) is 11.4 Å². The van der Waals surface area contributed by atoms with E-state index in [1.807, 2.05) is 37.0 Å². The second kappa shape index (κ2) is 8.07. The molecule has 0 fully saturated rings. The van der Waals surface area contributed by atoms with Gasteiger partial charge in [-0.2, -0.15) is 0 Å². The zero-order chi connectivity index (χ0) is 15.9. The molecular formula is C15H19N3O2S2. The highest BCUT2D eigenvalue weighted by Gasteiger charge is 2.16. The van der Waals surface area contributed by atoms with Crippen molar-refractivity contribution in [2.24, 2.45) is 0 Å². The molecule has 2 amide bonds. The largest absolute Gasteiger partial charge is 0.353 e. The van der Waals surface area contributed by atoms with Crippen molar-refractivity contribution >= 4 is 34.5 Å². The SMILES string of the molecule is CN(C)C(CNC(=O)CNC(=O)c1cccs1)c1cccs1. The molecule has 1 unspecified atom stereocenters. The van der Waals surface area contributed by atoms with E-state index in [1.54, 1.807) is 17.4 Å². The van der Waals surface area contributed by atoms with E-state index in [2.05, 4.69) is 21.6 Å². The number of hydrogen-bond acceptors (Lipinski definition) is 5. The summed E-state index contributed by atoms with van der Waals surface area (Å²) in [5.41, 5.74) is 0. The Morgan fingerprint density at radius 2 is 1.86 bits per heavy atom. The molecule has 2 aromatic heterocycles. The molecule has 0 bridgehead atoms. The summed E-state index contributed by atoms with van der Waals surface area (Å²) in [5.74, 6) is -0.402. The van der Waals surface area contributed by atoms with Gasteiger partial charge in [0.15, 0.2) is 0 Å². The Hall–Kier alpha value is -1.70. The molecule has 2 N–H and O–H groups in total. The minimum atomic E-state index is -0.215. The fourth-order valence-corrected chi connectivity index (χ4v) is 3.51. The van der Waals surface area contributed by atoms with Gasteiger partial charge >= 0.3 is 0 Å². The maximum absolute atomic E-state index is 11.9. The van der Waals surface area contributed by atoms with E-state index in [-0.39, 0.29) is 24.4 Å². The third-order valence-corrected chi connectivity index (χ3v) is 4.98. The minimum Gasteiger partial charge on any atom is -0.353 e. The van der Waals surface area contributed by atoms with Crippen LogP contribution >= 0.6 is 22.7 Å². The molecule has 0 aliphatic rings. The topological polar surface area (TPSA) is 61.4 Å². The van der Waals surface area contributed by atoms with E-state index in [1.165, 1.54) is 16.2 Å². The number of nitrogens with zero attached hydrogens (tertiary/aromatic N) is 1. The maximum Gasteiger partial charge on any atom is 0.261 e. The first kappa shape index (κ1) is 16.7. The number of carbonyl (C=O) groups excluding carboxylic acids is 2. The van der Waals surface area contributed by atoms with E-state index in [0.717, 1.165) is 0 Å². The zero-order valence-electron chi connectivity index (χ0n) is 12.5. The summed E-state index contributed by atoms with van der Waals surface area (Å²) in [7, 11) is 3.96. The second-order valence-corrected chi connectivity index (χ2v) is 6.89.